The number of fused-ring (bicyclic) bond motifs is 5. The molecule has 4 rings (SSSR count). The fourth-order valence-electron chi connectivity index (χ4n) is 7.94. The Balaban J connectivity index is 1.56. The molecule has 26 heavy (non-hydrogen) atoms. The maximum Gasteiger partial charge on any atom is 0.133 e. The van der Waals surface area contributed by atoms with Crippen molar-refractivity contribution in [2.45, 2.75) is 82.9 Å². The highest BCUT2D eigenvalue weighted by molar-refractivity contribution is 5.79. The summed E-state index contributed by atoms with van der Waals surface area (Å²) < 4.78 is 21.6. The SMILES string of the molecule is COCC1(O)CCC2(F)C(CCC3C4CCC(C(C)=O)C4(C)CCC32)C1. The lowest BCUT2D eigenvalue weighted by Gasteiger charge is -2.59. The molecule has 1 N–H and O–H groups in total. The van der Waals surface area contributed by atoms with Gasteiger partial charge in [-0.1, -0.05) is 6.92 Å². The van der Waals surface area contributed by atoms with Crippen LogP contribution in [-0.2, 0) is 9.53 Å². The van der Waals surface area contributed by atoms with Crippen LogP contribution < -0.4 is 0 Å². The molecule has 8 atom stereocenters. The van der Waals surface area contributed by atoms with Crippen molar-refractivity contribution in [3.63, 3.8) is 0 Å². The standard InChI is InChI=1S/C22H35FO3/c1-14(24)17-6-7-18-16-5-4-15-12-21(25,13-26-3)10-11-22(15,23)19(16)8-9-20(17,18)2/h15-19,25H,4-13H2,1-3H3. The van der Waals surface area contributed by atoms with Gasteiger partial charge in [0.25, 0.3) is 0 Å². The van der Waals surface area contributed by atoms with Crippen molar-refractivity contribution in [3.05, 3.63) is 0 Å². The number of aliphatic hydroxyl groups is 1. The fraction of sp³-hybridized carbons (Fsp3) is 0.955. The van der Waals surface area contributed by atoms with E-state index in [9.17, 15) is 9.90 Å². The van der Waals surface area contributed by atoms with E-state index in [0.717, 1.165) is 38.5 Å². The van der Waals surface area contributed by atoms with Gasteiger partial charge in [0.1, 0.15) is 11.5 Å². The highest BCUT2D eigenvalue weighted by atomic mass is 19.1. The van der Waals surface area contributed by atoms with E-state index in [1.165, 1.54) is 0 Å². The zero-order valence-electron chi connectivity index (χ0n) is 16.6. The number of Topliss-reactive ketones (excluding diaryl/α,β-unsaturated/α-hetero) is 1. The molecule has 4 saturated carbocycles. The number of carbonyl (C=O) groups excluding carboxylic acids is 1. The van der Waals surface area contributed by atoms with Gasteiger partial charge >= 0.3 is 0 Å². The van der Waals surface area contributed by atoms with Gasteiger partial charge in [-0.25, -0.2) is 4.39 Å². The molecule has 4 aliphatic rings. The lowest BCUT2D eigenvalue weighted by Crippen LogP contribution is -2.59. The summed E-state index contributed by atoms with van der Waals surface area (Å²) in [6.07, 6.45) is 7.45. The number of alkyl halides is 1. The number of hydrogen-bond acceptors (Lipinski definition) is 3. The van der Waals surface area contributed by atoms with Gasteiger partial charge in [-0.2, -0.15) is 0 Å². The molecule has 0 aromatic heterocycles. The van der Waals surface area contributed by atoms with Gasteiger partial charge < -0.3 is 9.84 Å². The van der Waals surface area contributed by atoms with Gasteiger partial charge in [-0.05, 0) is 93.8 Å². The van der Waals surface area contributed by atoms with E-state index in [2.05, 4.69) is 6.92 Å². The average molecular weight is 367 g/mol. The lowest BCUT2D eigenvalue weighted by atomic mass is 9.47. The molecule has 0 aromatic carbocycles. The smallest absolute Gasteiger partial charge is 0.133 e. The first kappa shape index (κ1) is 18.9. The minimum atomic E-state index is -1.13. The van der Waals surface area contributed by atoms with Crippen LogP contribution in [0.15, 0.2) is 0 Å². The van der Waals surface area contributed by atoms with Crippen LogP contribution in [0.5, 0.6) is 0 Å². The van der Waals surface area contributed by atoms with Crippen molar-refractivity contribution in [2.24, 2.45) is 35.0 Å². The second-order valence-corrected chi connectivity index (χ2v) is 10.2. The molecule has 0 bridgehead atoms. The van der Waals surface area contributed by atoms with Gasteiger partial charge in [0.05, 0.1) is 12.2 Å². The fourth-order valence-corrected chi connectivity index (χ4v) is 7.94. The van der Waals surface area contributed by atoms with Crippen LogP contribution in [0, 0.1) is 35.0 Å². The third-order valence-electron chi connectivity index (χ3n) is 9.08. The van der Waals surface area contributed by atoms with Gasteiger partial charge in [0.15, 0.2) is 0 Å². The highest BCUT2D eigenvalue weighted by Crippen LogP contribution is 2.66. The van der Waals surface area contributed by atoms with Crippen molar-refractivity contribution >= 4 is 5.78 Å². The summed E-state index contributed by atoms with van der Waals surface area (Å²) in [6.45, 7) is 4.37. The van der Waals surface area contributed by atoms with E-state index < -0.39 is 11.3 Å². The zero-order chi connectivity index (χ0) is 18.7. The van der Waals surface area contributed by atoms with Gasteiger partial charge in [0, 0.05) is 13.0 Å². The van der Waals surface area contributed by atoms with Crippen LogP contribution in [0.2, 0.25) is 0 Å². The third-order valence-corrected chi connectivity index (χ3v) is 9.08. The van der Waals surface area contributed by atoms with Crippen LogP contribution >= 0.6 is 0 Å². The van der Waals surface area contributed by atoms with E-state index >= 15 is 4.39 Å². The minimum absolute atomic E-state index is 0.0352. The first-order chi connectivity index (χ1) is 12.2. The number of hydrogen-bond donors (Lipinski definition) is 1. The van der Waals surface area contributed by atoms with Crippen molar-refractivity contribution in [2.75, 3.05) is 13.7 Å². The third kappa shape index (κ3) is 2.62. The van der Waals surface area contributed by atoms with Crippen LogP contribution in [0.3, 0.4) is 0 Å². The first-order valence-corrected chi connectivity index (χ1v) is 10.6. The molecule has 8 unspecified atom stereocenters. The summed E-state index contributed by atoms with van der Waals surface area (Å²) in [4.78, 5) is 12.2. The number of halogens is 1. The Bertz CT molecular complexity index is 580. The van der Waals surface area contributed by atoms with E-state index in [1.54, 1.807) is 14.0 Å². The molecule has 4 aliphatic carbocycles. The number of carbonyl (C=O) groups is 1. The largest absolute Gasteiger partial charge is 0.387 e. The molecule has 3 nitrogen and oxygen atoms in total. The Hall–Kier alpha value is -0.480. The second kappa shape index (κ2) is 6.27. The van der Waals surface area contributed by atoms with Crippen LogP contribution in [-0.4, -0.2) is 35.9 Å². The number of methoxy groups -OCH3 is 1. The first-order valence-electron chi connectivity index (χ1n) is 10.6. The van der Waals surface area contributed by atoms with Crippen LogP contribution in [0.1, 0.15) is 71.6 Å². The second-order valence-electron chi connectivity index (χ2n) is 10.2. The van der Waals surface area contributed by atoms with Crippen molar-refractivity contribution in [3.8, 4) is 0 Å². The molecule has 0 aromatic rings. The Kier molecular flexibility index (Phi) is 4.55. The maximum absolute atomic E-state index is 16.4. The van der Waals surface area contributed by atoms with E-state index in [1.807, 2.05) is 0 Å². The molecule has 4 fully saturated rings. The van der Waals surface area contributed by atoms with Crippen LogP contribution in [0.25, 0.3) is 0 Å². The summed E-state index contributed by atoms with van der Waals surface area (Å²) in [5.74, 6) is 1.53. The Labute approximate surface area is 157 Å². The molecule has 0 saturated heterocycles. The molecule has 0 amide bonds. The van der Waals surface area contributed by atoms with Gasteiger partial charge in [-0.15, -0.1) is 0 Å². The summed E-state index contributed by atoms with van der Waals surface area (Å²) in [6, 6.07) is 0. The molecule has 0 aliphatic heterocycles. The predicted molar refractivity (Wildman–Crippen MR) is 98.5 cm³/mol. The lowest BCUT2D eigenvalue weighted by molar-refractivity contribution is -0.178. The Morgan fingerprint density at radius 2 is 1.88 bits per heavy atom. The van der Waals surface area contributed by atoms with E-state index in [-0.39, 0.29) is 23.2 Å². The molecule has 0 heterocycles. The summed E-state index contributed by atoms with van der Waals surface area (Å²) >= 11 is 0. The molecule has 148 valence electrons. The molecule has 0 spiro atoms. The zero-order valence-corrected chi connectivity index (χ0v) is 16.6. The Morgan fingerprint density at radius 1 is 1.12 bits per heavy atom. The van der Waals surface area contributed by atoms with Crippen molar-refractivity contribution in [1.82, 2.24) is 0 Å². The number of rotatable bonds is 3. The highest BCUT2D eigenvalue weighted by Gasteiger charge is 2.63. The quantitative estimate of drug-likeness (QED) is 0.809. The van der Waals surface area contributed by atoms with Crippen LogP contribution in [0.4, 0.5) is 4.39 Å². The maximum atomic E-state index is 16.4. The van der Waals surface area contributed by atoms with Crippen molar-refractivity contribution < 1.29 is 19.0 Å². The van der Waals surface area contributed by atoms with Gasteiger partial charge in [-0.3, -0.25) is 4.79 Å². The summed E-state index contributed by atoms with van der Waals surface area (Å²) in [5.41, 5.74) is -1.89. The Morgan fingerprint density at radius 3 is 2.58 bits per heavy atom. The molecule has 0 radical (unpaired) electrons. The minimum Gasteiger partial charge on any atom is -0.387 e. The van der Waals surface area contributed by atoms with Crippen molar-refractivity contribution in [1.29, 1.82) is 0 Å². The van der Waals surface area contributed by atoms with E-state index in [0.29, 0.717) is 43.5 Å². The summed E-state index contributed by atoms with van der Waals surface area (Å²) in [7, 11) is 1.61. The normalized spacial score (nSPS) is 53.5. The number of ether oxygens (including phenoxy) is 1. The average Bonchev–Trinajstić information content (AvgIpc) is 2.93. The topological polar surface area (TPSA) is 46.5 Å². The predicted octanol–water partition coefficient (Wildman–Crippen LogP) is 4.31. The summed E-state index contributed by atoms with van der Waals surface area (Å²) in [5, 5.41) is 10.8. The molecular formula is C22H35FO3. The van der Waals surface area contributed by atoms with Gasteiger partial charge in [0.2, 0.25) is 0 Å². The molecule has 4 heteroatoms. The molecular weight excluding hydrogens is 331 g/mol. The monoisotopic (exact) mass is 366 g/mol. The number of ketones is 1. The van der Waals surface area contributed by atoms with E-state index in [4.69, 9.17) is 4.74 Å².